The van der Waals surface area contributed by atoms with Gasteiger partial charge in [-0.3, -0.25) is 4.79 Å². The van der Waals surface area contributed by atoms with Crippen LogP contribution in [0.5, 0.6) is 0 Å². The summed E-state index contributed by atoms with van der Waals surface area (Å²) in [6.07, 6.45) is 9.61. The van der Waals surface area contributed by atoms with Crippen LogP contribution in [-0.2, 0) is 9.53 Å². The van der Waals surface area contributed by atoms with Crippen LogP contribution < -0.4 is 0 Å². The summed E-state index contributed by atoms with van der Waals surface area (Å²) < 4.78 is 6.29. The standard InChI is InChI=1S/C19H32O2/c1-5-6-18(4,13(2)3)17(20)21-19-10-14-7-15(11-19)9-16(8-14)12-19/h13-16H,5-12H2,1-4H3. The molecule has 2 heteroatoms. The van der Waals surface area contributed by atoms with Crippen LogP contribution in [0.1, 0.15) is 79.1 Å². The van der Waals surface area contributed by atoms with Crippen molar-refractivity contribution < 1.29 is 9.53 Å². The zero-order valence-corrected chi connectivity index (χ0v) is 14.3. The molecule has 4 fully saturated rings. The van der Waals surface area contributed by atoms with Gasteiger partial charge in [-0.05, 0) is 75.5 Å². The average molecular weight is 292 g/mol. The topological polar surface area (TPSA) is 26.3 Å². The van der Waals surface area contributed by atoms with E-state index < -0.39 is 0 Å². The molecule has 2 nitrogen and oxygen atoms in total. The maximum Gasteiger partial charge on any atom is 0.312 e. The molecule has 21 heavy (non-hydrogen) atoms. The molecule has 0 spiro atoms. The van der Waals surface area contributed by atoms with Crippen LogP contribution in [0.2, 0.25) is 0 Å². The van der Waals surface area contributed by atoms with E-state index in [0.717, 1.165) is 49.9 Å². The van der Waals surface area contributed by atoms with E-state index in [4.69, 9.17) is 4.74 Å². The highest BCUT2D eigenvalue weighted by atomic mass is 16.6. The van der Waals surface area contributed by atoms with Crippen molar-refractivity contribution in [1.29, 1.82) is 0 Å². The average Bonchev–Trinajstić information content (AvgIpc) is 2.36. The molecule has 4 aliphatic carbocycles. The Kier molecular flexibility index (Phi) is 3.86. The van der Waals surface area contributed by atoms with Crippen molar-refractivity contribution in [3.8, 4) is 0 Å². The van der Waals surface area contributed by atoms with Gasteiger partial charge in [0.15, 0.2) is 0 Å². The number of ether oxygens (including phenoxy) is 1. The lowest BCUT2D eigenvalue weighted by Gasteiger charge is -2.56. The Hall–Kier alpha value is -0.530. The van der Waals surface area contributed by atoms with Gasteiger partial charge in [0.2, 0.25) is 0 Å². The summed E-state index contributed by atoms with van der Waals surface area (Å²) in [5.41, 5.74) is -0.395. The fraction of sp³-hybridized carbons (Fsp3) is 0.947. The minimum atomic E-state index is -0.307. The van der Waals surface area contributed by atoms with E-state index in [0.29, 0.717) is 5.92 Å². The Morgan fingerprint density at radius 2 is 1.62 bits per heavy atom. The van der Waals surface area contributed by atoms with Crippen LogP contribution in [0.4, 0.5) is 0 Å². The van der Waals surface area contributed by atoms with Crippen LogP contribution in [0.3, 0.4) is 0 Å². The third kappa shape index (κ3) is 2.64. The van der Waals surface area contributed by atoms with Gasteiger partial charge in [-0.15, -0.1) is 0 Å². The van der Waals surface area contributed by atoms with Crippen LogP contribution in [0.25, 0.3) is 0 Å². The maximum atomic E-state index is 13.0. The Bertz CT molecular complexity index is 377. The number of hydrogen-bond acceptors (Lipinski definition) is 2. The molecule has 0 aliphatic heterocycles. The third-order valence-corrected chi connectivity index (χ3v) is 6.80. The lowest BCUT2D eigenvalue weighted by molar-refractivity contribution is -0.199. The fourth-order valence-corrected chi connectivity index (χ4v) is 5.62. The molecular formula is C19H32O2. The number of rotatable bonds is 5. The molecule has 4 aliphatic rings. The van der Waals surface area contributed by atoms with E-state index in [2.05, 4.69) is 27.7 Å². The quantitative estimate of drug-likeness (QED) is 0.669. The molecule has 0 aromatic heterocycles. The van der Waals surface area contributed by atoms with Crippen molar-refractivity contribution in [2.45, 2.75) is 84.7 Å². The van der Waals surface area contributed by atoms with Gasteiger partial charge in [0.05, 0.1) is 5.41 Å². The molecule has 0 aromatic carbocycles. The molecule has 1 atom stereocenters. The predicted molar refractivity (Wildman–Crippen MR) is 84.8 cm³/mol. The summed E-state index contributed by atoms with van der Waals surface area (Å²) in [6, 6.07) is 0. The third-order valence-electron chi connectivity index (χ3n) is 6.80. The molecule has 0 heterocycles. The van der Waals surface area contributed by atoms with Crippen molar-refractivity contribution in [2.24, 2.45) is 29.1 Å². The molecule has 4 saturated carbocycles. The maximum absolute atomic E-state index is 13.0. The molecule has 0 N–H and O–H groups in total. The van der Waals surface area contributed by atoms with Gasteiger partial charge in [-0.2, -0.15) is 0 Å². The number of carbonyl (C=O) groups is 1. The van der Waals surface area contributed by atoms with E-state index in [9.17, 15) is 4.79 Å². The highest BCUT2D eigenvalue weighted by Crippen LogP contribution is 2.57. The predicted octanol–water partition coefficient (Wildman–Crippen LogP) is 4.96. The molecule has 4 bridgehead atoms. The van der Waals surface area contributed by atoms with Gasteiger partial charge < -0.3 is 4.74 Å². The zero-order valence-electron chi connectivity index (χ0n) is 14.3. The Morgan fingerprint density at radius 1 is 1.14 bits per heavy atom. The van der Waals surface area contributed by atoms with Crippen LogP contribution in [-0.4, -0.2) is 11.6 Å². The van der Waals surface area contributed by atoms with E-state index in [1.165, 1.54) is 19.3 Å². The summed E-state index contributed by atoms with van der Waals surface area (Å²) in [4.78, 5) is 13.0. The van der Waals surface area contributed by atoms with Gasteiger partial charge in [0, 0.05) is 0 Å². The summed E-state index contributed by atoms with van der Waals surface area (Å²) >= 11 is 0. The van der Waals surface area contributed by atoms with Gasteiger partial charge in [0.1, 0.15) is 5.60 Å². The molecule has 0 saturated heterocycles. The second-order valence-electron chi connectivity index (χ2n) is 8.81. The summed E-state index contributed by atoms with van der Waals surface area (Å²) in [5, 5.41) is 0. The molecular weight excluding hydrogens is 260 g/mol. The Balaban J connectivity index is 1.75. The van der Waals surface area contributed by atoms with E-state index >= 15 is 0 Å². The number of carbonyl (C=O) groups excluding carboxylic acids is 1. The first-order valence-corrected chi connectivity index (χ1v) is 9.10. The lowest BCUT2D eigenvalue weighted by Crippen LogP contribution is -2.54. The van der Waals surface area contributed by atoms with E-state index in [-0.39, 0.29) is 17.0 Å². The molecule has 0 amide bonds. The summed E-state index contributed by atoms with van der Waals surface area (Å²) in [5.74, 6) is 2.93. The van der Waals surface area contributed by atoms with Gasteiger partial charge in [-0.1, -0.05) is 27.2 Å². The minimum Gasteiger partial charge on any atom is -0.459 e. The summed E-state index contributed by atoms with van der Waals surface area (Å²) in [7, 11) is 0. The van der Waals surface area contributed by atoms with Crippen molar-refractivity contribution in [3.05, 3.63) is 0 Å². The molecule has 120 valence electrons. The normalized spacial score (nSPS) is 40.3. The highest BCUT2D eigenvalue weighted by Gasteiger charge is 2.54. The first kappa shape index (κ1) is 15.4. The lowest BCUT2D eigenvalue weighted by atomic mass is 9.54. The largest absolute Gasteiger partial charge is 0.459 e. The fourth-order valence-electron chi connectivity index (χ4n) is 5.62. The smallest absolute Gasteiger partial charge is 0.312 e. The summed E-state index contributed by atoms with van der Waals surface area (Å²) in [6.45, 7) is 8.61. The van der Waals surface area contributed by atoms with Gasteiger partial charge in [0.25, 0.3) is 0 Å². The second kappa shape index (κ2) is 5.28. The molecule has 0 radical (unpaired) electrons. The highest BCUT2D eigenvalue weighted by molar-refractivity contribution is 5.77. The van der Waals surface area contributed by atoms with Crippen molar-refractivity contribution in [2.75, 3.05) is 0 Å². The van der Waals surface area contributed by atoms with Gasteiger partial charge >= 0.3 is 5.97 Å². The van der Waals surface area contributed by atoms with Crippen LogP contribution in [0.15, 0.2) is 0 Å². The first-order valence-electron chi connectivity index (χ1n) is 9.10. The van der Waals surface area contributed by atoms with Crippen molar-refractivity contribution in [3.63, 3.8) is 0 Å². The van der Waals surface area contributed by atoms with E-state index in [1.54, 1.807) is 0 Å². The number of esters is 1. The Morgan fingerprint density at radius 3 is 2.00 bits per heavy atom. The van der Waals surface area contributed by atoms with Crippen LogP contribution in [0, 0.1) is 29.1 Å². The minimum absolute atomic E-state index is 0.0845. The second-order valence-corrected chi connectivity index (χ2v) is 8.81. The SMILES string of the molecule is CCCC(C)(C(=O)OC12CC3CC(CC(C3)C1)C2)C(C)C. The van der Waals surface area contributed by atoms with Crippen LogP contribution >= 0.6 is 0 Å². The Labute approximate surface area is 130 Å². The monoisotopic (exact) mass is 292 g/mol. The first-order chi connectivity index (χ1) is 9.87. The van der Waals surface area contributed by atoms with Crippen molar-refractivity contribution >= 4 is 5.97 Å². The molecule has 0 aromatic rings. The zero-order chi connectivity index (χ0) is 15.3. The molecule has 1 unspecified atom stereocenters. The molecule has 4 rings (SSSR count). The number of hydrogen-bond donors (Lipinski definition) is 0. The van der Waals surface area contributed by atoms with Crippen molar-refractivity contribution in [1.82, 2.24) is 0 Å². The van der Waals surface area contributed by atoms with E-state index in [1.807, 2.05) is 0 Å². The van der Waals surface area contributed by atoms with Gasteiger partial charge in [-0.25, -0.2) is 0 Å².